The number of hydrogen-bond acceptors (Lipinski definition) is 6. The van der Waals surface area contributed by atoms with Crippen LogP contribution >= 0.6 is 11.8 Å². The number of nitrogens with zero attached hydrogens (tertiary/aromatic N) is 1. The Hall–Kier alpha value is -1.04. The number of anilines is 1. The van der Waals surface area contributed by atoms with E-state index in [0.29, 0.717) is 0 Å². The summed E-state index contributed by atoms with van der Waals surface area (Å²) in [6, 6.07) is 1.33. The number of rotatable bonds is 6. The second kappa shape index (κ2) is 6.41. The van der Waals surface area contributed by atoms with E-state index in [1.807, 2.05) is 4.72 Å². The summed E-state index contributed by atoms with van der Waals surface area (Å²) in [5.41, 5.74) is -2.11. The number of pyridine rings is 1. The molecule has 0 bridgehead atoms. The van der Waals surface area contributed by atoms with Crippen molar-refractivity contribution in [3.05, 3.63) is 18.5 Å². The van der Waals surface area contributed by atoms with Crippen LogP contribution in [0.1, 0.15) is 0 Å². The van der Waals surface area contributed by atoms with Crippen molar-refractivity contribution in [1.29, 1.82) is 0 Å². The number of aromatic nitrogens is 1. The van der Waals surface area contributed by atoms with Crippen molar-refractivity contribution in [2.75, 3.05) is 17.7 Å². The normalized spacial score (nSPS) is 12.4. The average Bonchev–Trinajstić information content (AvgIpc) is 2.33. The first-order chi connectivity index (χ1) is 8.76. The first kappa shape index (κ1) is 16.0. The number of hydrogen-bond donors (Lipinski definition) is 3. The number of hydrazine groups is 1. The molecule has 0 aliphatic heterocycles. The molecule has 1 aromatic heterocycles. The Kier molecular flexibility index (Phi) is 5.40. The largest absolute Gasteiger partial charge is 0.441 e. The Bertz CT molecular complexity index is 521. The second-order valence-electron chi connectivity index (χ2n) is 3.21. The average molecular weight is 316 g/mol. The lowest BCUT2D eigenvalue weighted by atomic mass is 10.4. The van der Waals surface area contributed by atoms with Gasteiger partial charge in [0, 0.05) is 24.7 Å². The lowest BCUT2D eigenvalue weighted by molar-refractivity contribution is -0.0327. The molecule has 0 saturated heterocycles. The quantitative estimate of drug-likeness (QED) is 0.410. The summed E-state index contributed by atoms with van der Waals surface area (Å²) in [6.07, 6.45) is 2.38. The van der Waals surface area contributed by atoms with Crippen molar-refractivity contribution in [3.8, 4) is 0 Å². The van der Waals surface area contributed by atoms with Crippen LogP contribution in [-0.4, -0.2) is 31.2 Å². The van der Waals surface area contributed by atoms with Crippen LogP contribution < -0.4 is 16.0 Å². The Labute approximate surface area is 112 Å². The van der Waals surface area contributed by atoms with Gasteiger partial charge in [0.2, 0.25) is 10.0 Å². The zero-order chi connectivity index (χ0) is 14.5. The van der Waals surface area contributed by atoms with Gasteiger partial charge in [0.05, 0.1) is 5.69 Å². The first-order valence-electron chi connectivity index (χ1n) is 4.87. The molecule has 0 unspecified atom stereocenters. The molecule has 0 aliphatic carbocycles. The molecule has 11 heteroatoms. The molecular weight excluding hydrogens is 305 g/mol. The number of sulfonamides is 1. The van der Waals surface area contributed by atoms with Crippen LogP contribution in [0.2, 0.25) is 0 Å². The molecule has 1 rings (SSSR count). The van der Waals surface area contributed by atoms with Crippen LogP contribution in [0, 0.1) is 0 Å². The number of nitrogens with one attached hydrogen (secondary N) is 2. The van der Waals surface area contributed by atoms with Crippen LogP contribution in [0.25, 0.3) is 0 Å². The second-order valence-corrected chi connectivity index (χ2v) is 6.10. The maximum Gasteiger partial charge on any atom is 0.441 e. The third kappa shape index (κ3) is 5.22. The molecule has 19 heavy (non-hydrogen) atoms. The molecule has 0 spiro atoms. The fraction of sp³-hybridized carbons (Fsp3) is 0.375. The fourth-order valence-electron chi connectivity index (χ4n) is 1.13. The summed E-state index contributed by atoms with van der Waals surface area (Å²) in [5.74, 6) is 4.71. The zero-order valence-corrected chi connectivity index (χ0v) is 11.1. The van der Waals surface area contributed by atoms with E-state index in [1.165, 1.54) is 12.3 Å². The minimum absolute atomic E-state index is 0.103. The van der Waals surface area contributed by atoms with Crippen molar-refractivity contribution >= 4 is 27.5 Å². The number of thioether (sulfide) groups is 1. The standard InChI is InChI=1S/C8H11F3N4O2S2/c9-8(10,11)18-4-3-14-19(16,17)7-5-13-2-1-6(7)15-12/h1-2,5,14H,3-4,12H2,(H,13,15). The molecule has 0 radical (unpaired) electrons. The molecule has 6 nitrogen and oxygen atoms in total. The number of halogens is 3. The van der Waals surface area contributed by atoms with Gasteiger partial charge in [0.1, 0.15) is 4.90 Å². The van der Waals surface area contributed by atoms with E-state index in [2.05, 4.69) is 10.4 Å². The van der Waals surface area contributed by atoms with E-state index in [-0.39, 0.29) is 28.9 Å². The van der Waals surface area contributed by atoms with Crippen molar-refractivity contribution in [1.82, 2.24) is 9.71 Å². The van der Waals surface area contributed by atoms with Gasteiger partial charge < -0.3 is 5.43 Å². The van der Waals surface area contributed by atoms with E-state index >= 15 is 0 Å². The predicted octanol–water partition coefficient (Wildman–Crippen LogP) is 0.899. The highest BCUT2D eigenvalue weighted by molar-refractivity contribution is 8.00. The molecule has 0 aliphatic rings. The van der Waals surface area contributed by atoms with Crippen LogP contribution in [0.15, 0.2) is 23.4 Å². The van der Waals surface area contributed by atoms with Gasteiger partial charge >= 0.3 is 5.51 Å². The summed E-state index contributed by atoms with van der Waals surface area (Å²) in [5, 5.41) is 0. The number of alkyl halides is 3. The summed E-state index contributed by atoms with van der Waals surface area (Å²) >= 11 is -0.303. The molecule has 0 amide bonds. The molecular formula is C8H11F3N4O2S2. The van der Waals surface area contributed by atoms with Crippen molar-refractivity contribution in [2.45, 2.75) is 10.4 Å². The lowest BCUT2D eigenvalue weighted by Crippen LogP contribution is -2.28. The summed E-state index contributed by atoms with van der Waals surface area (Å²) in [6.45, 7) is -0.356. The van der Waals surface area contributed by atoms with Gasteiger partial charge in [-0.3, -0.25) is 10.8 Å². The van der Waals surface area contributed by atoms with Crippen molar-refractivity contribution in [2.24, 2.45) is 5.84 Å². The Morgan fingerprint density at radius 1 is 1.42 bits per heavy atom. The first-order valence-corrected chi connectivity index (χ1v) is 7.34. The minimum atomic E-state index is -4.39. The van der Waals surface area contributed by atoms with E-state index in [0.717, 1.165) is 6.20 Å². The fourth-order valence-corrected chi connectivity index (χ4v) is 2.84. The van der Waals surface area contributed by atoms with E-state index in [4.69, 9.17) is 5.84 Å². The smallest absolute Gasteiger partial charge is 0.323 e. The monoisotopic (exact) mass is 316 g/mol. The topological polar surface area (TPSA) is 97.1 Å². The summed E-state index contributed by atoms with van der Waals surface area (Å²) < 4.78 is 61.2. The van der Waals surface area contributed by atoms with Gasteiger partial charge in [-0.1, -0.05) is 0 Å². The predicted molar refractivity (Wildman–Crippen MR) is 65.7 cm³/mol. The lowest BCUT2D eigenvalue weighted by Gasteiger charge is -2.10. The van der Waals surface area contributed by atoms with E-state index in [9.17, 15) is 21.6 Å². The summed E-state index contributed by atoms with van der Waals surface area (Å²) in [4.78, 5) is 3.40. The van der Waals surface area contributed by atoms with Gasteiger partial charge in [-0.25, -0.2) is 13.1 Å². The van der Waals surface area contributed by atoms with Gasteiger partial charge in [-0.15, -0.1) is 0 Å². The molecule has 0 aromatic carbocycles. The third-order valence-electron chi connectivity index (χ3n) is 1.89. The van der Waals surface area contributed by atoms with Gasteiger partial charge in [-0.2, -0.15) is 13.2 Å². The molecule has 1 heterocycles. The summed E-state index contributed by atoms with van der Waals surface area (Å²) in [7, 11) is -3.96. The SMILES string of the molecule is NNc1ccncc1S(=O)(=O)NCCSC(F)(F)F. The number of nitrogens with two attached hydrogens (primary N) is 1. The van der Waals surface area contributed by atoms with Crippen LogP contribution in [0.4, 0.5) is 18.9 Å². The van der Waals surface area contributed by atoms with E-state index < -0.39 is 21.3 Å². The Morgan fingerprint density at radius 2 is 2.11 bits per heavy atom. The minimum Gasteiger partial charge on any atom is -0.323 e. The molecule has 4 N–H and O–H groups in total. The van der Waals surface area contributed by atoms with Crippen molar-refractivity contribution in [3.63, 3.8) is 0 Å². The Morgan fingerprint density at radius 3 is 2.68 bits per heavy atom. The molecule has 0 fully saturated rings. The highest BCUT2D eigenvalue weighted by atomic mass is 32.2. The highest BCUT2D eigenvalue weighted by Gasteiger charge is 2.28. The van der Waals surface area contributed by atoms with Crippen LogP contribution in [0.5, 0.6) is 0 Å². The molecule has 108 valence electrons. The third-order valence-corrected chi connectivity index (χ3v) is 4.11. The Balaban J connectivity index is 2.66. The van der Waals surface area contributed by atoms with Crippen molar-refractivity contribution < 1.29 is 21.6 Å². The van der Waals surface area contributed by atoms with E-state index in [1.54, 1.807) is 0 Å². The van der Waals surface area contributed by atoms with Crippen LogP contribution in [-0.2, 0) is 10.0 Å². The maximum absolute atomic E-state index is 11.9. The van der Waals surface area contributed by atoms with Crippen LogP contribution in [0.3, 0.4) is 0 Å². The number of nitrogen functional groups attached to an aromatic ring is 1. The molecule has 1 aromatic rings. The highest BCUT2D eigenvalue weighted by Crippen LogP contribution is 2.29. The van der Waals surface area contributed by atoms with Gasteiger partial charge in [-0.05, 0) is 17.8 Å². The zero-order valence-electron chi connectivity index (χ0n) is 9.44. The maximum atomic E-state index is 11.9. The van der Waals surface area contributed by atoms with Gasteiger partial charge in [0.15, 0.2) is 0 Å². The molecule has 0 saturated carbocycles. The molecule has 0 atom stereocenters. The van der Waals surface area contributed by atoms with Gasteiger partial charge in [0.25, 0.3) is 0 Å².